The van der Waals surface area contributed by atoms with Crippen molar-refractivity contribution in [3.8, 4) is 0 Å². The summed E-state index contributed by atoms with van der Waals surface area (Å²) in [6.07, 6.45) is 0. The van der Waals surface area contributed by atoms with Gasteiger partial charge in [0.2, 0.25) is 0 Å². The molecule has 0 aromatic rings. The maximum absolute atomic E-state index is 8.55. The third-order valence-corrected chi connectivity index (χ3v) is 0. The first-order valence-corrected chi connectivity index (χ1v) is 6.57. The second kappa shape index (κ2) is 30.1. The van der Waals surface area contributed by atoms with E-state index >= 15 is 0 Å². The van der Waals surface area contributed by atoms with Gasteiger partial charge in [-0.3, -0.25) is 0 Å². The Morgan fingerprint density at radius 2 is 0.333 bits per heavy atom. The Morgan fingerprint density at radius 3 is 0.333 bits per heavy atom. The Labute approximate surface area is 299 Å². The quantitative estimate of drug-likeness (QED) is 0.211. The van der Waals surface area contributed by atoms with Crippen molar-refractivity contribution in [2.45, 2.75) is 0 Å². The minimum absolute atomic E-state index is 0. The van der Waals surface area contributed by atoms with Crippen molar-refractivity contribution in [1.29, 1.82) is 0 Å². The van der Waals surface area contributed by atoms with Crippen LogP contribution in [0.3, 0.4) is 0 Å². The van der Waals surface area contributed by atoms with E-state index in [0.29, 0.717) is 0 Å². The number of rotatable bonds is 0. The van der Waals surface area contributed by atoms with E-state index in [1.807, 2.05) is 0 Å². The van der Waals surface area contributed by atoms with E-state index in [4.69, 9.17) is 57.7 Å². The van der Waals surface area contributed by atoms with Crippen molar-refractivity contribution in [3.63, 3.8) is 0 Å². The molecule has 0 aliphatic rings. The predicted molar refractivity (Wildman–Crippen MR) is 57.3 cm³/mol. The van der Waals surface area contributed by atoms with E-state index in [-0.39, 0.29) is 226 Å². The minimum atomic E-state index is -5.39. The third-order valence-electron chi connectivity index (χ3n) is 0. The van der Waals surface area contributed by atoms with Crippen LogP contribution in [0.1, 0.15) is 0 Å². The Morgan fingerprint density at radius 1 is 0.333 bits per heavy atom. The maximum Gasteiger partial charge on any atom is 2.00 e. The topological polar surface area (TPSA) is 259 Å². The normalized spacial score (nSPS) is 8.43. The third kappa shape index (κ3) is 300. The summed E-state index contributed by atoms with van der Waals surface area (Å²) in [5.41, 5.74) is 0. The molecular weight excluding hydrogens is 525 g/mol. The van der Waals surface area contributed by atoms with Crippen LogP contribution < -0.4 is 44.0 Å². The largest absolute Gasteiger partial charge is 2.00 e. The molecular formula is Ca6O12P3+3. The van der Waals surface area contributed by atoms with Crippen molar-refractivity contribution < 1.29 is 57.7 Å². The van der Waals surface area contributed by atoms with E-state index in [0.717, 1.165) is 0 Å². The summed E-state index contributed by atoms with van der Waals surface area (Å²) in [6.45, 7) is 0. The van der Waals surface area contributed by atoms with Gasteiger partial charge < -0.3 is 57.7 Å². The van der Waals surface area contributed by atoms with Crippen molar-refractivity contribution in [2.24, 2.45) is 0 Å². The standard InChI is InChI=1S/6Ca.3H3O4P/c;;;;;;3*1-5(2,3)4/h;;;;;;3*(H3,1,2,3,4)/q6*+2;;;/p-9. The van der Waals surface area contributed by atoms with Crippen LogP contribution in [-0.4, -0.2) is 226 Å². The van der Waals surface area contributed by atoms with Crippen LogP contribution in [-0.2, 0) is 13.7 Å². The fraction of sp³-hybridized carbons (Fsp3) is 0. The van der Waals surface area contributed by atoms with Crippen molar-refractivity contribution >= 4 is 250 Å². The van der Waals surface area contributed by atoms with E-state index < -0.39 is 23.5 Å². The number of hydrogen-bond donors (Lipinski definition) is 0. The Balaban J connectivity index is -0.0000000129. The van der Waals surface area contributed by atoms with Gasteiger partial charge in [0, 0.05) is 0 Å². The molecule has 0 aromatic heterocycles. The van der Waals surface area contributed by atoms with Crippen LogP contribution in [0.5, 0.6) is 0 Å². The first-order valence-electron chi connectivity index (χ1n) is 2.19. The molecule has 0 atom stereocenters. The van der Waals surface area contributed by atoms with Crippen LogP contribution >= 0.6 is 23.5 Å². The summed E-state index contributed by atoms with van der Waals surface area (Å²) < 4.78 is 25.6. The molecule has 0 aliphatic heterocycles. The van der Waals surface area contributed by atoms with Gasteiger partial charge in [-0.2, -0.15) is 23.5 Å². The second-order valence-electron chi connectivity index (χ2n) is 1.34. The van der Waals surface area contributed by atoms with Crippen LogP contribution in [0.15, 0.2) is 0 Å². The molecule has 0 saturated carbocycles. The van der Waals surface area contributed by atoms with Gasteiger partial charge in [-0.25, -0.2) is 0 Å². The molecule has 21 heteroatoms. The summed E-state index contributed by atoms with van der Waals surface area (Å²) in [6, 6.07) is 0. The van der Waals surface area contributed by atoms with Gasteiger partial charge in [-0.1, -0.05) is 0 Å². The second-order valence-corrected chi connectivity index (χ2v) is 4.02. The van der Waals surface area contributed by atoms with Crippen molar-refractivity contribution in [1.82, 2.24) is 0 Å². The average molecular weight is 525 g/mol. The van der Waals surface area contributed by atoms with Crippen LogP contribution in [0, 0.1) is 0 Å². The molecule has 0 saturated heterocycles. The molecule has 0 radical (unpaired) electrons. The molecule has 0 amide bonds. The summed E-state index contributed by atoms with van der Waals surface area (Å²) in [4.78, 5) is 76.9. The van der Waals surface area contributed by atoms with Crippen LogP contribution in [0.2, 0.25) is 0 Å². The van der Waals surface area contributed by atoms with E-state index in [1.165, 1.54) is 0 Å². The maximum atomic E-state index is 8.55. The van der Waals surface area contributed by atoms with Gasteiger partial charge in [-0.15, -0.1) is 0 Å². The predicted octanol–water partition coefficient (Wildman–Crippen LogP) is -10.8. The van der Waals surface area contributed by atoms with Gasteiger partial charge in [-0.05, 0) is 0 Å². The Kier molecular flexibility index (Phi) is 81.4. The molecule has 0 heterocycles. The van der Waals surface area contributed by atoms with Gasteiger partial charge in [0.05, 0.1) is 0 Å². The average Bonchev–Trinajstić information content (AvgIpc) is 1.41. The minimum Gasteiger partial charge on any atom is -0.822 e. The zero-order chi connectivity index (χ0) is 13.5. The SMILES string of the molecule is O=P([O-])([O-])[O-].O=P([O-])([O-])[O-].O=P([O-])([O-])[O-].[Ca+2].[Ca+2].[Ca+2].[Ca+2].[Ca+2].[Ca+2]. The first kappa shape index (κ1) is 56.8. The fourth-order valence-corrected chi connectivity index (χ4v) is 0. The summed E-state index contributed by atoms with van der Waals surface area (Å²) in [5.74, 6) is 0. The Hall–Kier alpha value is 7.89. The summed E-state index contributed by atoms with van der Waals surface area (Å²) in [7, 11) is -16.2. The smallest absolute Gasteiger partial charge is 0.822 e. The molecule has 0 bridgehead atoms. The van der Waals surface area contributed by atoms with Gasteiger partial charge >= 0.3 is 226 Å². The summed E-state index contributed by atoms with van der Waals surface area (Å²) >= 11 is 0. The molecule has 0 spiro atoms. The summed E-state index contributed by atoms with van der Waals surface area (Å²) in [5, 5.41) is 0. The van der Waals surface area contributed by atoms with Gasteiger partial charge in [0.25, 0.3) is 0 Å². The van der Waals surface area contributed by atoms with Crippen molar-refractivity contribution in [2.75, 3.05) is 0 Å². The van der Waals surface area contributed by atoms with E-state index in [1.54, 1.807) is 0 Å². The molecule has 0 N–H and O–H groups in total. The molecule has 0 unspecified atom stereocenters. The molecule has 0 aromatic carbocycles. The fourth-order valence-electron chi connectivity index (χ4n) is 0. The van der Waals surface area contributed by atoms with Crippen LogP contribution in [0.25, 0.3) is 0 Å². The molecule has 21 heavy (non-hydrogen) atoms. The molecule has 0 aliphatic carbocycles. The number of hydrogen-bond acceptors (Lipinski definition) is 12. The molecule has 12 nitrogen and oxygen atoms in total. The molecule has 0 fully saturated rings. The van der Waals surface area contributed by atoms with Crippen LogP contribution in [0.4, 0.5) is 0 Å². The van der Waals surface area contributed by atoms with Gasteiger partial charge in [0.1, 0.15) is 0 Å². The zero-order valence-corrected chi connectivity index (χ0v) is 26.4. The van der Waals surface area contributed by atoms with Crippen molar-refractivity contribution in [3.05, 3.63) is 0 Å². The van der Waals surface area contributed by atoms with E-state index in [2.05, 4.69) is 0 Å². The number of phosphoric acid groups is 3. The molecule has 0 rings (SSSR count). The Bertz CT molecular complexity index is 215. The molecule has 96 valence electrons. The van der Waals surface area contributed by atoms with Gasteiger partial charge in [0.15, 0.2) is 0 Å². The first-order chi connectivity index (χ1) is 6.00. The monoisotopic (exact) mass is 525 g/mol. The van der Waals surface area contributed by atoms with E-state index in [9.17, 15) is 0 Å². The zero-order valence-electron chi connectivity index (χ0n) is 10.5.